The monoisotopic (exact) mass is 506 g/mol. The van der Waals surface area contributed by atoms with E-state index in [0.29, 0.717) is 34.4 Å². The van der Waals surface area contributed by atoms with E-state index in [1.807, 2.05) is 42.5 Å². The predicted molar refractivity (Wildman–Crippen MR) is 147 cm³/mol. The number of para-hydroxylation sites is 2. The summed E-state index contributed by atoms with van der Waals surface area (Å²) in [5.74, 6) is 2.32. The Labute approximate surface area is 217 Å². The molecule has 0 bridgehead atoms. The Hall–Kier alpha value is -3.32. The topological polar surface area (TPSA) is 69.2 Å². The number of nitrogens with one attached hydrogen (secondary N) is 1. The van der Waals surface area contributed by atoms with Crippen molar-refractivity contribution in [2.24, 2.45) is 16.3 Å². The number of methoxy groups -OCH3 is 3. The van der Waals surface area contributed by atoms with Gasteiger partial charge in [0.25, 0.3) is 5.91 Å². The Balaban J connectivity index is 1.72. The number of benzene rings is 2. The van der Waals surface area contributed by atoms with Gasteiger partial charge in [-0.25, -0.2) is 4.99 Å². The first-order valence-corrected chi connectivity index (χ1v) is 12.9. The molecule has 1 N–H and O–H groups in total. The molecular weight excluding hydrogens is 472 g/mol. The van der Waals surface area contributed by atoms with Gasteiger partial charge in [0.1, 0.15) is 10.8 Å². The molecule has 0 spiro atoms. The van der Waals surface area contributed by atoms with Gasteiger partial charge in [0, 0.05) is 11.1 Å². The fourth-order valence-electron chi connectivity index (χ4n) is 4.63. The van der Waals surface area contributed by atoms with E-state index in [1.54, 1.807) is 38.9 Å². The van der Waals surface area contributed by atoms with Gasteiger partial charge in [0.15, 0.2) is 11.5 Å². The lowest BCUT2D eigenvalue weighted by Gasteiger charge is -2.33. The van der Waals surface area contributed by atoms with Crippen molar-refractivity contribution in [2.75, 3.05) is 26.6 Å². The Morgan fingerprint density at radius 1 is 1.03 bits per heavy atom. The highest BCUT2D eigenvalue weighted by Crippen LogP contribution is 2.45. The number of fused-ring (bicyclic) bond motifs is 1. The van der Waals surface area contributed by atoms with Crippen LogP contribution < -0.4 is 19.5 Å². The van der Waals surface area contributed by atoms with E-state index in [4.69, 9.17) is 19.2 Å². The number of aliphatic imine (C=N–C) groups is 1. The molecule has 1 heterocycles. The Morgan fingerprint density at radius 2 is 1.75 bits per heavy atom. The van der Waals surface area contributed by atoms with Crippen LogP contribution in [0.3, 0.4) is 0 Å². The zero-order valence-electron chi connectivity index (χ0n) is 21.8. The van der Waals surface area contributed by atoms with E-state index in [0.717, 1.165) is 35.4 Å². The van der Waals surface area contributed by atoms with Crippen molar-refractivity contribution in [2.45, 2.75) is 40.0 Å². The van der Waals surface area contributed by atoms with Crippen molar-refractivity contribution >= 4 is 34.1 Å². The standard InChI is InChI=1S/C29H34N2O4S/c1-29(2,3)19-12-13-20-25(16-19)36-28(30-17-18-11-14-23(34-5)24(15-18)35-6)26(20)27(32)31-21-9-7-8-10-22(21)33-4/h7-11,14-15,17,19H,12-13,16H2,1-6H3,(H,31,32)/b30-17+. The van der Waals surface area contributed by atoms with Gasteiger partial charge in [-0.05, 0) is 72.1 Å². The highest BCUT2D eigenvalue weighted by Gasteiger charge is 2.33. The molecule has 2 aromatic carbocycles. The number of nitrogens with zero attached hydrogens (tertiary/aromatic N) is 1. The molecular formula is C29H34N2O4S. The first kappa shape index (κ1) is 25.8. The van der Waals surface area contributed by atoms with Crippen molar-refractivity contribution in [3.8, 4) is 17.2 Å². The highest BCUT2D eigenvalue weighted by molar-refractivity contribution is 7.16. The third-order valence-electron chi connectivity index (χ3n) is 6.79. The Morgan fingerprint density at radius 3 is 2.44 bits per heavy atom. The molecule has 6 nitrogen and oxygen atoms in total. The molecule has 0 fully saturated rings. The van der Waals surface area contributed by atoms with E-state index in [1.165, 1.54) is 4.88 Å². The van der Waals surface area contributed by atoms with E-state index in [2.05, 4.69) is 26.1 Å². The van der Waals surface area contributed by atoms with Crippen LogP contribution in [-0.2, 0) is 12.8 Å². The fourth-order valence-corrected chi connectivity index (χ4v) is 5.90. The maximum absolute atomic E-state index is 13.6. The lowest BCUT2D eigenvalue weighted by Crippen LogP contribution is -2.27. The van der Waals surface area contributed by atoms with Crippen LogP contribution in [0.15, 0.2) is 47.5 Å². The number of ether oxygens (including phenoxy) is 3. The molecule has 0 saturated carbocycles. The third kappa shape index (κ3) is 5.41. The molecule has 7 heteroatoms. The second-order valence-electron chi connectivity index (χ2n) is 10.0. The summed E-state index contributed by atoms with van der Waals surface area (Å²) in [6, 6.07) is 13.1. The molecule has 190 valence electrons. The summed E-state index contributed by atoms with van der Waals surface area (Å²) < 4.78 is 16.2. The minimum atomic E-state index is -0.161. The maximum Gasteiger partial charge on any atom is 0.259 e. The fraction of sp³-hybridized carbons (Fsp3) is 0.379. The van der Waals surface area contributed by atoms with Crippen molar-refractivity contribution in [1.29, 1.82) is 0 Å². The Bertz CT molecular complexity index is 1270. The van der Waals surface area contributed by atoms with Crippen molar-refractivity contribution in [3.05, 3.63) is 64.0 Å². The summed E-state index contributed by atoms with van der Waals surface area (Å²) in [5, 5.41) is 3.78. The van der Waals surface area contributed by atoms with Crippen LogP contribution in [0, 0.1) is 11.3 Å². The van der Waals surface area contributed by atoms with Gasteiger partial charge in [-0.15, -0.1) is 11.3 Å². The summed E-state index contributed by atoms with van der Waals surface area (Å²) >= 11 is 1.62. The first-order chi connectivity index (χ1) is 17.2. The molecule has 0 saturated heterocycles. The average Bonchev–Trinajstić information content (AvgIpc) is 3.24. The predicted octanol–water partition coefficient (Wildman–Crippen LogP) is 6.93. The lowest BCUT2D eigenvalue weighted by molar-refractivity contribution is 0.102. The number of carbonyl (C=O) groups excluding carboxylic acids is 1. The molecule has 1 atom stereocenters. The van der Waals surface area contributed by atoms with Crippen LogP contribution in [0.1, 0.15) is 53.6 Å². The molecule has 1 aromatic heterocycles. The van der Waals surface area contributed by atoms with E-state index in [9.17, 15) is 4.79 Å². The molecule has 36 heavy (non-hydrogen) atoms. The van der Waals surface area contributed by atoms with Crippen LogP contribution >= 0.6 is 11.3 Å². The molecule has 1 aliphatic carbocycles. The molecule has 1 unspecified atom stereocenters. The number of thiophene rings is 1. The van der Waals surface area contributed by atoms with Crippen molar-refractivity contribution in [1.82, 2.24) is 0 Å². The Kier molecular flexibility index (Phi) is 7.69. The van der Waals surface area contributed by atoms with Crippen molar-refractivity contribution < 1.29 is 19.0 Å². The highest BCUT2D eigenvalue weighted by atomic mass is 32.1. The minimum Gasteiger partial charge on any atom is -0.495 e. The van der Waals surface area contributed by atoms with E-state index in [-0.39, 0.29) is 11.3 Å². The van der Waals surface area contributed by atoms with Crippen LogP contribution in [0.25, 0.3) is 0 Å². The number of hydrogen-bond donors (Lipinski definition) is 1. The van der Waals surface area contributed by atoms with Gasteiger partial charge in [0.05, 0.1) is 32.6 Å². The van der Waals surface area contributed by atoms with Crippen LogP contribution in [0.5, 0.6) is 17.2 Å². The van der Waals surface area contributed by atoms with Crippen LogP contribution in [0.4, 0.5) is 10.7 Å². The number of rotatable bonds is 7. The summed E-state index contributed by atoms with van der Waals surface area (Å²) in [5.41, 5.74) is 3.49. The number of carbonyl (C=O) groups is 1. The lowest BCUT2D eigenvalue weighted by atomic mass is 9.72. The SMILES string of the molecule is COc1ccccc1NC(=O)c1c(/N=C/c2ccc(OC)c(OC)c2)sc2c1CCC(C(C)(C)C)C2. The zero-order valence-corrected chi connectivity index (χ0v) is 22.6. The van der Waals surface area contributed by atoms with Crippen LogP contribution in [-0.4, -0.2) is 33.5 Å². The zero-order chi connectivity index (χ0) is 25.9. The smallest absolute Gasteiger partial charge is 0.259 e. The van der Waals surface area contributed by atoms with E-state index < -0.39 is 0 Å². The molecule has 0 radical (unpaired) electrons. The molecule has 0 aliphatic heterocycles. The van der Waals surface area contributed by atoms with Gasteiger partial charge in [0.2, 0.25) is 0 Å². The van der Waals surface area contributed by atoms with E-state index >= 15 is 0 Å². The molecule has 1 aliphatic rings. The number of amides is 1. The van der Waals surface area contributed by atoms with Gasteiger partial charge >= 0.3 is 0 Å². The van der Waals surface area contributed by atoms with Gasteiger partial charge in [-0.3, -0.25) is 4.79 Å². The second kappa shape index (κ2) is 10.7. The minimum absolute atomic E-state index is 0.161. The second-order valence-corrected chi connectivity index (χ2v) is 11.1. The summed E-state index contributed by atoms with van der Waals surface area (Å²) in [7, 11) is 4.82. The quantitative estimate of drug-likeness (QED) is 0.353. The van der Waals surface area contributed by atoms with Crippen LogP contribution in [0.2, 0.25) is 0 Å². The average molecular weight is 507 g/mol. The molecule has 3 aromatic rings. The maximum atomic E-state index is 13.6. The van der Waals surface area contributed by atoms with Crippen molar-refractivity contribution in [3.63, 3.8) is 0 Å². The summed E-state index contributed by atoms with van der Waals surface area (Å²) in [6.45, 7) is 6.88. The number of hydrogen-bond acceptors (Lipinski definition) is 6. The summed E-state index contributed by atoms with van der Waals surface area (Å²) in [4.78, 5) is 19.7. The summed E-state index contributed by atoms with van der Waals surface area (Å²) in [6.07, 6.45) is 4.67. The van der Waals surface area contributed by atoms with Gasteiger partial charge in [-0.1, -0.05) is 32.9 Å². The first-order valence-electron chi connectivity index (χ1n) is 12.1. The van der Waals surface area contributed by atoms with Gasteiger partial charge < -0.3 is 19.5 Å². The number of anilines is 1. The normalized spacial score (nSPS) is 15.4. The van der Waals surface area contributed by atoms with Gasteiger partial charge in [-0.2, -0.15) is 0 Å². The third-order valence-corrected chi connectivity index (χ3v) is 7.95. The largest absolute Gasteiger partial charge is 0.495 e. The molecule has 1 amide bonds. The molecule has 4 rings (SSSR count).